The van der Waals surface area contributed by atoms with Gasteiger partial charge in [0.05, 0.1) is 11.3 Å². The van der Waals surface area contributed by atoms with Crippen molar-refractivity contribution in [2.45, 2.75) is 45.2 Å². The summed E-state index contributed by atoms with van der Waals surface area (Å²) in [6.45, 7) is 1.98. The molecule has 0 bridgehead atoms. The maximum atomic E-state index is 12.4. The standard InChI is InChI=1S/C15H19F3N2/c1-11(12-5-3-2-4-6-12)19-20-14-9-7-13(8-10-14)15(16,17)18/h7-10,12,20H,2-6H2,1H3. The van der Waals surface area contributed by atoms with Crippen LogP contribution in [0.15, 0.2) is 29.4 Å². The average Bonchev–Trinajstić information content (AvgIpc) is 2.45. The molecule has 0 aromatic heterocycles. The molecule has 110 valence electrons. The van der Waals surface area contributed by atoms with Crippen LogP contribution in [-0.4, -0.2) is 5.71 Å². The Bertz CT molecular complexity index is 457. The molecule has 1 aromatic carbocycles. The Balaban J connectivity index is 1.96. The molecular formula is C15H19F3N2. The molecular weight excluding hydrogens is 265 g/mol. The molecule has 2 rings (SSSR count). The van der Waals surface area contributed by atoms with Crippen LogP contribution in [0, 0.1) is 5.92 Å². The van der Waals surface area contributed by atoms with E-state index in [1.54, 1.807) is 0 Å². The van der Waals surface area contributed by atoms with Gasteiger partial charge in [-0.05, 0) is 49.9 Å². The number of hydrogen-bond acceptors (Lipinski definition) is 2. The summed E-state index contributed by atoms with van der Waals surface area (Å²) in [7, 11) is 0. The molecule has 0 unspecified atom stereocenters. The van der Waals surface area contributed by atoms with Crippen molar-refractivity contribution in [1.82, 2.24) is 0 Å². The topological polar surface area (TPSA) is 24.4 Å². The SMILES string of the molecule is CC(=NNc1ccc(C(F)(F)F)cc1)C1CCCCC1. The lowest BCUT2D eigenvalue weighted by atomic mass is 9.86. The molecule has 1 fully saturated rings. The smallest absolute Gasteiger partial charge is 0.279 e. The quantitative estimate of drug-likeness (QED) is 0.608. The number of hydrazone groups is 1. The third-order valence-corrected chi connectivity index (χ3v) is 3.77. The van der Waals surface area contributed by atoms with Gasteiger partial charge in [-0.3, -0.25) is 5.43 Å². The van der Waals surface area contributed by atoms with Crippen molar-refractivity contribution in [2.24, 2.45) is 11.0 Å². The zero-order chi connectivity index (χ0) is 14.6. The van der Waals surface area contributed by atoms with Crippen LogP contribution in [-0.2, 0) is 6.18 Å². The molecule has 1 aliphatic rings. The van der Waals surface area contributed by atoms with E-state index in [2.05, 4.69) is 10.5 Å². The summed E-state index contributed by atoms with van der Waals surface area (Å²) in [5, 5.41) is 4.30. The van der Waals surface area contributed by atoms with Crippen molar-refractivity contribution in [3.63, 3.8) is 0 Å². The summed E-state index contributed by atoms with van der Waals surface area (Å²) in [5.74, 6) is 0.505. The Morgan fingerprint density at radius 1 is 1.10 bits per heavy atom. The first-order chi connectivity index (χ1) is 9.47. The molecule has 5 heteroatoms. The highest BCUT2D eigenvalue weighted by molar-refractivity contribution is 5.85. The lowest BCUT2D eigenvalue weighted by Crippen LogP contribution is -2.16. The molecule has 1 saturated carbocycles. The molecule has 0 heterocycles. The van der Waals surface area contributed by atoms with Crippen LogP contribution in [0.5, 0.6) is 0 Å². The van der Waals surface area contributed by atoms with Crippen molar-refractivity contribution in [3.8, 4) is 0 Å². The molecule has 1 aromatic rings. The summed E-state index contributed by atoms with van der Waals surface area (Å²) in [6.07, 6.45) is 1.78. The predicted octanol–water partition coefficient (Wildman–Crippen LogP) is 5.07. The van der Waals surface area contributed by atoms with Gasteiger partial charge >= 0.3 is 6.18 Å². The van der Waals surface area contributed by atoms with Crippen LogP contribution in [0.1, 0.15) is 44.6 Å². The van der Waals surface area contributed by atoms with Crippen LogP contribution < -0.4 is 5.43 Å². The highest BCUT2D eigenvalue weighted by Gasteiger charge is 2.29. The van der Waals surface area contributed by atoms with E-state index in [1.807, 2.05) is 6.92 Å². The lowest BCUT2D eigenvalue weighted by molar-refractivity contribution is -0.137. The molecule has 0 amide bonds. The van der Waals surface area contributed by atoms with E-state index in [-0.39, 0.29) is 0 Å². The van der Waals surface area contributed by atoms with Crippen molar-refractivity contribution >= 4 is 11.4 Å². The minimum Gasteiger partial charge on any atom is -0.279 e. The van der Waals surface area contributed by atoms with Gasteiger partial charge in [0.1, 0.15) is 0 Å². The monoisotopic (exact) mass is 284 g/mol. The largest absolute Gasteiger partial charge is 0.416 e. The van der Waals surface area contributed by atoms with E-state index in [4.69, 9.17) is 0 Å². The first-order valence-corrected chi connectivity index (χ1v) is 6.94. The Morgan fingerprint density at radius 3 is 2.25 bits per heavy atom. The summed E-state index contributed by atoms with van der Waals surface area (Å²) in [4.78, 5) is 0. The molecule has 1 N–H and O–H groups in total. The zero-order valence-corrected chi connectivity index (χ0v) is 11.5. The number of benzene rings is 1. The second-order valence-electron chi connectivity index (χ2n) is 5.28. The van der Waals surface area contributed by atoms with Gasteiger partial charge in [0.2, 0.25) is 0 Å². The van der Waals surface area contributed by atoms with Gasteiger partial charge in [0.15, 0.2) is 0 Å². The van der Waals surface area contributed by atoms with Crippen molar-refractivity contribution < 1.29 is 13.2 Å². The summed E-state index contributed by atoms with van der Waals surface area (Å²) >= 11 is 0. The number of anilines is 1. The normalized spacial score (nSPS) is 18.1. The van der Waals surface area contributed by atoms with Gasteiger partial charge in [-0.1, -0.05) is 19.3 Å². The number of alkyl halides is 3. The molecule has 20 heavy (non-hydrogen) atoms. The second-order valence-corrected chi connectivity index (χ2v) is 5.28. The first kappa shape index (κ1) is 14.9. The number of rotatable bonds is 3. The summed E-state index contributed by atoms with van der Waals surface area (Å²) in [6, 6.07) is 4.93. The van der Waals surface area contributed by atoms with Crippen molar-refractivity contribution in [2.75, 3.05) is 5.43 Å². The van der Waals surface area contributed by atoms with Crippen molar-refractivity contribution in [3.05, 3.63) is 29.8 Å². The molecule has 0 aliphatic heterocycles. The Hall–Kier alpha value is -1.52. The van der Waals surface area contributed by atoms with Gasteiger partial charge in [0, 0.05) is 5.71 Å². The van der Waals surface area contributed by atoms with Crippen LogP contribution in [0.2, 0.25) is 0 Å². The molecule has 2 nitrogen and oxygen atoms in total. The van der Waals surface area contributed by atoms with Crippen molar-refractivity contribution in [1.29, 1.82) is 0 Å². The van der Waals surface area contributed by atoms with E-state index < -0.39 is 11.7 Å². The maximum Gasteiger partial charge on any atom is 0.416 e. The first-order valence-electron chi connectivity index (χ1n) is 6.94. The number of halogens is 3. The fourth-order valence-corrected chi connectivity index (χ4v) is 2.50. The molecule has 0 spiro atoms. The maximum absolute atomic E-state index is 12.4. The van der Waals surface area contributed by atoms with Crippen LogP contribution in [0.25, 0.3) is 0 Å². The highest BCUT2D eigenvalue weighted by Crippen LogP contribution is 2.30. The number of nitrogens with zero attached hydrogens (tertiary/aromatic N) is 1. The molecule has 0 atom stereocenters. The van der Waals surface area contributed by atoms with Crippen LogP contribution >= 0.6 is 0 Å². The van der Waals surface area contributed by atoms with Crippen LogP contribution in [0.4, 0.5) is 18.9 Å². The van der Waals surface area contributed by atoms with Gasteiger partial charge in [-0.2, -0.15) is 18.3 Å². The average molecular weight is 284 g/mol. The van der Waals surface area contributed by atoms with E-state index in [0.29, 0.717) is 11.6 Å². The minimum absolute atomic E-state index is 0.505. The molecule has 0 radical (unpaired) electrons. The summed E-state index contributed by atoms with van der Waals surface area (Å²) in [5.41, 5.74) is 3.81. The van der Waals surface area contributed by atoms with Gasteiger partial charge in [0.25, 0.3) is 0 Å². The fraction of sp³-hybridized carbons (Fsp3) is 0.533. The zero-order valence-electron chi connectivity index (χ0n) is 11.5. The summed E-state index contributed by atoms with van der Waals surface area (Å²) < 4.78 is 37.3. The van der Waals surface area contributed by atoms with E-state index >= 15 is 0 Å². The highest BCUT2D eigenvalue weighted by atomic mass is 19.4. The van der Waals surface area contributed by atoms with E-state index in [1.165, 1.54) is 31.4 Å². The molecule has 0 saturated heterocycles. The van der Waals surface area contributed by atoms with Gasteiger partial charge in [-0.15, -0.1) is 0 Å². The Labute approximate surface area is 117 Å². The van der Waals surface area contributed by atoms with Crippen LogP contribution in [0.3, 0.4) is 0 Å². The van der Waals surface area contributed by atoms with Gasteiger partial charge in [-0.25, -0.2) is 0 Å². The predicted molar refractivity (Wildman–Crippen MR) is 74.8 cm³/mol. The third-order valence-electron chi connectivity index (χ3n) is 3.77. The minimum atomic E-state index is -4.29. The Kier molecular flexibility index (Phi) is 4.68. The number of hydrogen-bond donors (Lipinski definition) is 1. The lowest BCUT2D eigenvalue weighted by Gasteiger charge is -2.21. The number of nitrogens with one attached hydrogen (secondary N) is 1. The molecule has 1 aliphatic carbocycles. The Morgan fingerprint density at radius 2 is 1.70 bits per heavy atom. The van der Waals surface area contributed by atoms with Gasteiger partial charge < -0.3 is 0 Å². The van der Waals surface area contributed by atoms with E-state index in [0.717, 1.165) is 30.7 Å². The third kappa shape index (κ3) is 3.99. The second kappa shape index (κ2) is 6.29. The van der Waals surface area contributed by atoms with E-state index in [9.17, 15) is 13.2 Å². The fourth-order valence-electron chi connectivity index (χ4n) is 2.50.